The summed E-state index contributed by atoms with van der Waals surface area (Å²) in [6.07, 6.45) is 4.91. The van der Waals surface area contributed by atoms with E-state index in [1.807, 2.05) is 0 Å². The normalized spacial score (nSPS) is 16.8. The van der Waals surface area contributed by atoms with Crippen LogP contribution in [-0.2, 0) is 14.3 Å². The van der Waals surface area contributed by atoms with E-state index in [2.05, 4.69) is 9.47 Å². The van der Waals surface area contributed by atoms with Gasteiger partial charge in [-0.2, -0.15) is 0 Å². The molecule has 0 N–H and O–H groups in total. The van der Waals surface area contributed by atoms with E-state index in [9.17, 15) is 4.79 Å². The molecule has 0 bridgehead atoms. The van der Waals surface area contributed by atoms with Crippen LogP contribution in [0.1, 0.15) is 0 Å². The zero-order chi connectivity index (χ0) is 5.82. The third-order valence-electron chi connectivity index (χ3n) is 0.601. The first-order valence-corrected chi connectivity index (χ1v) is 2.07. The number of esters is 1. The van der Waals surface area contributed by atoms with Crippen molar-refractivity contribution in [3.8, 4) is 0 Å². The van der Waals surface area contributed by atoms with Crippen LogP contribution in [0.15, 0.2) is 24.9 Å². The number of carbonyl (C=O) groups excluding carboxylic acids is 1. The maximum atomic E-state index is 10.2. The molecular formula is C5H4O3. The van der Waals surface area contributed by atoms with E-state index in [-0.39, 0.29) is 0 Å². The largest absolute Gasteiger partial charge is 0.469 e. The Balaban J connectivity index is 2.61. The molecule has 0 saturated heterocycles. The molecule has 0 unspecified atom stereocenters. The molecule has 3 nitrogen and oxygen atoms in total. The first-order chi connectivity index (χ1) is 3.89. The molecule has 1 heterocycles. The van der Waals surface area contributed by atoms with Gasteiger partial charge in [-0.1, -0.05) is 0 Å². The van der Waals surface area contributed by atoms with Crippen LogP contribution < -0.4 is 0 Å². The van der Waals surface area contributed by atoms with Gasteiger partial charge in [0, 0.05) is 0 Å². The summed E-state index contributed by atoms with van der Waals surface area (Å²) in [7, 11) is 0. The van der Waals surface area contributed by atoms with Crippen molar-refractivity contribution in [3.63, 3.8) is 0 Å². The van der Waals surface area contributed by atoms with Crippen molar-refractivity contribution < 1.29 is 14.3 Å². The monoisotopic (exact) mass is 112 g/mol. The molecule has 1 aliphatic rings. The Morgan fingerprint density at radius 1 is 1.25 bits per heavy atom. The second-order valence-corrected chi connectivity index (χ2v) is 1.15. The average Bonchev–Trinajstić information content (AvgIpc) is 1.94. The molecule has 42 valence electrons. The van der Waals surface area contributed by atoms with Gasteiger partial charge in [-0.05, 0) is 0 Å². The maximum absolute atomic E-state index is 10.2. The number of carbonyl (C=O) groups is 1. The molecule has 0 aromatic rings. The number of hydrogen-bond acceptors (Lipinski definition) is 3. The van der Waals surface area contributed by atoms with E-state index in [0.717, 1.165) is 0 Å². The predicted octanol–water partition coefficient (Wildman–Crippen LogP) is 0.545. The average molecular weight is 112 g/mol. The standard InChI is InChI=1S/C5H4O3/c6-5-1-2-7-3-4-8-5/h1-4H. The minimum Gasteiger partial charge on any atom is -0.469 e. The molecule has 0 aromatic heterocycles. The highest BCUT2D eigenvalue weighted by atomic mass is 16.5. The number of ether oxygens (including phenoxy) is 2. The van der Waals surface area contributed by atoms with Gasteiger partial charge in [-0.15, -0.1) is 0 Å². The van der Waals surface area contributed by atoms with Gasteiger partial charge >= 0.3 is 5.97 Å². The third-order valence-corrected chi connectivity index (χ3v) is 0.601. The van der Waals surface area contributed by atoms with Crippen molar-refractivity contribution in [2.75, 3.05) is 0 Å². The Bertz CT molecular complexity index is 146. The summed E-state index contributed by atoms with van der Waals surface area (Å²) in [6.45, 7) is 0. The Labute approximate surface area is 46.2 Å². The SMILES string of the molecule is O=C1C=COC=CO1. The van der Waals surface area contributed by atoms with E-state index in [0.29, 0.717) is 0 Å². The van der Waals surface area contributed by atoms with E-state index in [4.69, 9.17) is 0 Å². The fraction of sp³-hybridized carbons (Fsp3) is 0. The van der Waals surface area contributed by atoms with Gasteiger partial charge in [0.2, 0.25) is 0 Å². The second-order valence-electron chi connectivity index (χ2n) is 1.15. The molecule has 8 heavy (non-hydrogen) atoms. The molecule has 0 saturated carbocycles. The summed E-state index contributed by atoms with van der Waals surface area (Å²) in [5.74, 6) is -0.418. The zero-order valence-corrected chi connectivity index (χ0v) is 4.03. The molecular weight excluding hydrogens is 108 g/mol. The van der Waals surface area contributed by atoms with Gasteiger partial charge in [0.1, 0.15) is 12.5 Å². The topological polar surface area (TPSA) is 35.5 Å². The minimum atomic E-state index is -0.418. The van der Waals surface area contributed by atoms with Crippen molar-refractivity contribution in [3.05, 3.63) is 24.9 Å². The first-order valence-electron chi connectivity index (χ1n) is 2.07. The summed E-state index contributed by atoms with van der Waals surface area (Å²) in [4.78, 5) is 10.2. The van der Waals surface area contributed by atoms with Crippen LogP contribution in [0.2, 0.25) is 0 Å². The summed E-state index contributed by atoms with van der Waals surface area (Å²) in [5.41, 5.74) is 0. The number of hydrogen-bond donors (Lipinski definition) is 0. The number of rotatable bonds is 0. The fourth-order valence-corrected chi connectivity index (χ4v) is 0.306. The molecule has 0 fully saturated rings. The molecule has 0 atom stereocenters. The van der Waals surface area contributed by atoms with Crippen LogP contribution in [0.3, 0.4) is 0 Å². The summed E-state index contributed by atoms with van der Waals surface area (Å²) in [5, 5.41) is 0. The molecule has 0 spiro atoms. The molecule has 1 aliphatic heterocycles. The van der Waals surface area contributed by atoms with Crippen molar-refractivity contribution in [2.45, 2.75) is 0 Å². The van der Waals surface area contributed by atoms with Gasteiger partial charge in [-0.3, -0.25) is 0 Å². The smallest absolute Gasteiger partial charge is 0.338 e. The minimum absolute atomic E-state index is 0.418. The van der Waals surface area contributed by atoms with Crippen LogP contribution in [0.25, 0.3) is 0 Å². The Kier molecular flexibility index (Phi) is 1.32. The Hall–Kier alpha value is -1.25. The van der Waals surface area contributed by atoms with Crippen LogP contribution >= 0.6 is 0 Å². The fourth-order valence-electron chi connectivity index (χ4n) is 0.306. The van der Waals surface area contributed by atoms with Gasteiger partial charge in [0.25, 0.3) is 0 Å². The van der Waals surface area contributed by atoms with Gasteiger partial charge in [0.05, 0.1) is 12.3 Å². The van der Waals surface area contributed by atoms with Crippen molar-refractivity contribution in [2.24, 2.45) is 0 Å². The van der Waals surface area contributed by atoms with E-state index >= 15 is 0 Å². The maximum Gasteiger partial charge on any atom is 0.338 e. The van der Waals surface area contributed by atoms with Crippen LogP contribution in [0, 0.1) is 0 Å². The molecule has 0 aromatic carbocycles. The molecule has 0 aliphatic carbocycles. The lowest BCUT2D eigenvalue weighted by Gasteiger charge is -1.83. The quantitative estimate of drug-likeness (QED) is 0.429. The molecule has 0 amide bonds. The highest BCUT2D eigenvalue weighted by Crippen LogP contribution is 1.90. The second kappa shape index (κ2) is 2.16. The lowest BCUT2D eigenvalue weighted by molar-refractivity contribution is -0.132. The third kappa shape index (κ3) is 1.11. The lowest BCUT2D eigenvalue weighted by atomic mass is 10.6. The molecule has 1 rings (SSSR count). The van der Waals surface area contributed by atoms with Crippen LogP contribution in [0.4, 0.5) is 0 Å². The van der Waals surface area contributed by atoms with Gasteiger partial charge in [-0.25, -0.2) is 4.79 Å². The van der Waals surface area contributed by atoms with Gasteiger partial charge < -0.3 is 9.47 Å². The summed E-state index contributed by atoms with van der Waals surface area (Å²) >= 11 is 0. The number of cyclic esters (lactones) is 1. The van der Waals surface area contributed by atoms with E-state index in [1.165, 1.54) is 24.9 Å². The highest BCUT2D eigenvalue weighted by Gasteiger charge is 1.93. The Morgan fingerprint density at radius 3 is 3.00 bits per heavy atom. The van der Waals surface area contributed by atoms with Crippen LogP contribution in [-0.4, -0.2) is 5.97 Å². The van der Waals surface area contributed by atoms with Crippen LogP contribution in [0.5, 0.6) is 0 Å². The lowest BCUT2D eigenvalue weighted by Crippen LogP contribution is -1.90. The van der Waals surface area contributed by atoms with E-state index in [1.54, 1.807) is 0 Å². The highest BCUT2D eigenvalue weighted by molar-refractivity contribution is 5.82. The summed E-state index contributed by atoms with van der Waals surface area (Å²) < 4.78 is 8.93. The molecule has 0 radical (unpaired) electrons. The van der Waals surface area contributed by atoms with Gasteiger partial charge in [0.15, 0.2) is 0 Å². The zero-order valence-electron chi connectivity index (χ0n) is 4.03. The predicted molar refractivity (Wildman–Crippen MR) is 25.5 cm³/mol. The van der Waals surface area contributed by atoms with Crippen molar-refractivity contribution in [1.82, 2.24) is 0 Å². The van der Waals surface area contributed by atoms with E-state index < -0.39 is 5.97 Å². The first kappa shape index (κ1) is 4.90. The Morgan fingerprint density at radius 2 is 2.12 bits per heavy atom. The summed E-state index contributed by atoms with van der Waals surface area (Å²) in [6, 6.07) is 0. The van der Waals surface area contributed by atoms with Crippen molar-refractivity contribution in [1.29, 1.82) is 0 Å². The van der Waals surface area contributed by atoms with Crippen molar-refractivity contribution >= 4 is 5.97 Å². The molecule has 3 heteroatoms.